The first-order chi connectivity index (χ1) is 15.5. The average molecular weight is 445 g/mol. The molecule has 0 aliphatic carbocycles. The van der Waals surface area contributed by atoms with E-state index in [2.05, 4.69) is 32.9 Å². The van der Waals surface area contributed by atoms with E-state index >= 15 is 0 Å². The van der Waals surface area contributed by atoms with Crippen LogP contribution in [0.15, 0.2) is 70.6 Å². The average Bonchev–Trinajstić information content (AvgIpc) is 3.11. The number of carbonyl (C=O) groups excluding carboxylic acids is 1. The summed E-state index contributed by atoms with van der Waals surface area (Å²) in [6.45, 7) is 8.81. The number of amidine groups is 1. The van der Waals surface area contributed by atoms with Crippen LogP contribution in [0.5, 0.6) is 5.75 Å². The first kappa shape index (κ1) is 22.2. The van der Waals surface area contributed by atoms with Crippen LogP contribution in [0.25, 0.3) is 16.8 Å². The number of carbonyl (C=O) groups is 1. The van der Waals surface area contributed by atoms with Crippen molar-refractivity contribution in [3.63, 3.8) is 0 Å². The minimum Gasteiger partial charge on any atom is -0.493 e. The summed E-state index contributed by atoms with van der Waals surface area (Å²) in [4.78, 5) is 20.7. The highest BCUT2D eigenvalue weighted by atomic mass is 32.2. The van der Waals surface area contributed by atoms with Gasteiger partial charge in [-0.15, -0.1) is 0 Å². The van der Waals surface area contributed by atoms with E-state index in [1.54, 1.807) is 0 Å². The molecule has 5 heteroatoms. The summed E-state index contributed by atoms with van der Waals surface area (Å²) in [5.41, 5.74) is 3.04. The Balaban J connectivity index is 1.76. The summed E-state index contributed by atoms with van der Waals surface area (Å²) in [6.07, 6.45) is 2.84. The van der Waals surface area contributed by atoms with Gasteiger partial charge in [0.15, 0.2) is 5.17 Å². The van der Waals surface area contributed by atoms with E-state index in [0.717, 1.165) is 39.4 Å². The predicted octanol–water partition coefficient (Wildman–Crippen LogP) is 6.95. The first-order valence-electron chi connectivity index (χ1n) is 11.0. The van der Waals surface area contributed by atoms with Gasteiger partial charge in [-0.25, -0.2) is 4.99 Å². The molecule has 1 aliphatic rings. The molecule has 0 spiro atoms. The van der Waals surface area contributed by atoms with Crippen LogP contribution in [0.1, 0.15) is 38.3 Å². The van der Waals surface area contributed by atoms with E-state index in [1.165, 1.54) is 17.3 Å². The van der Waals surface area contributed by atoms with Gasteiger partial charge in [0.05, 0.1) is 17.2 Å². The molecule has 0 radical (unpaired) electrons. The van der Waals surface area contributed by atoms with Crippen molar-refractivity contribution in [1.29, 1.82) is 0 Å². The molecule has 1 fully saturated rings. The Morgan fingerprint density at radius 2 is 1.75 bits per heavy atom. The third-order valence-electron chi connectivity index (χ3n) is 5.63. The van der Waals surface area contributed by atoms with Crippen LogP contribution >= 0.6 is 11.8 Å². The van der Waals surface area contributed by atoms with E-state index in [0.29, 0.717) is 11.5 Å². The van der Waals surface area contributed by atoms with E-state index < -0.39 is 0 Å². The van der Waals surface area contributed by atoms with Crippen molar-refractivity contribution in [3.8, 4) is 5.75 Å². The van der Waals surface area contributed by atoms with Crippen molar-refractivity contribution in [2.45, 2.75) is 40.2 Å². The summed E-state index contributed by atoms with van der Waals surface area (Å²) in [5.74, 6) is 0.867. The summed E-state index contributed by atoms with van der Waals surface area (Å²) < 4.78 is 5.80. The molecular formula is C27H28N2O2S. The van der Waals surface area contributed by atoms with Crippen LogP contribution in [0.2, 0.25) is 0 Å². The number of aryl methyl sites for hydroxylation is 1. The Kier molecular flexibility index (Phi) is 6.66. The second-order valence-electron chi connectivity index (χ2n) is 7.90. The largest absolute Gasteiger partial charge is 0.493 e. The highest BCUT2D eigenvalue weighted by Gasteiger charge is 2.36. The number of thioether (sulfide) groups is 1. The maximum Gasteiger partial charge on any atom is 0.267 e. The number of ether oxygens (including phenoxy) is 1. The number of hydrogen-bond donors (Lipinski definition) is 0. The van der Waals surface area contributed by atoms with Crippen LogP contribution in [0, 0.1) is 6.92 Å². The maximum absolute atomic E-state index is 13.4. The topological polar surface area (TPSA) is 41.9 Å². The highest BCUT2D eigenvalue weighted by Crippen LogP contribution is 2.38. The summed E-state index contributed by atoms with van der Waals surface area (Å²) in [6, 6.07) is 20.3. The van der Waals surface area contributed by atoms with Crippen LogP contribution in [-0.2, 0) is 4.79 Å². The van der Waals surface area contributed by atoms with Gasteiger partial charge >= 0.3 is 0 Å². The molecule has 1 amide bonds. The minimum absolute atomic E-state index is 0.00757. The van der Waals surface area contributed by atoms with Crippen molar-refractivity contribution in [2.24, 2.45) is 4.99 Å². The van der Waals surface area contributed by atoms with Crippen molar-refractivity contribution in [1.82, 2.24) is 4.90 Å². The molecule has 1 saturated heterocycles. The van der Waals surface area contributed by atoms with E-state index in [9.17, 15) is 4.79 Å². The lowest BCUT2D eigenvalue weighted by Gasteiger charge is -2.22. The lowest BCUT2D eigenvalue weighted by atomic mass is 10.0. The number of benzene rings is 3. The van der Waals surface area contributed by atoms with Crippen molar-refractivity contribution >= 4 is 45.4 Å². The van der Waals surface area contributed by atoms with Crippen LogP contribution in [0.4, 0.5) is 5.69 Å². The number of rotatable bonds is 6. The fourth-order valence-electron chi connectivity index (χ4n) is 3.71. The van der Waals surface area contributed by atoms with Gasteiger partial charge in [0, 0.05) is 11.4 Å². The number of fused-ring (bicyclic) bond motifs is 1. The monoisotopic (exact) mass is 444 g/mol. The quantitative estimate of drug-likeness (QED) is 0.386. The fourth-order valence-corrected chi connectivity index (χ4v) is 4.79. The molecule has 3 aromatic rings. The molecule has 0 unspecified atom stereocenters. The smallest absolute Gasteiger partial charge is 0.267 e. The highest BCUT2D eigenvalue weighted by molar-refractivity contribution is 8.18. The molecule has 1 heterocycles. The molecule has 3 aromatic carbocycles. The Hall–Kier alpha value is -3.05. The van der Waals surface area contributed by atoms with Gasteiger partial charge in [0.2, 0.25) is 0 Å². The van der Waals surface area contributed by atoms with Crippen molar-refractivity contribution < 1.29 is 9.53 Å². The minimum atomic E-state index is 0.00757. The molecule has 0 N–H and O–H groups in total. The number of hydrogen-bond acceptors (Lipinski definition) is 4. The molecule has 0 saturated carbocycles. The molecule has 32 heavy (non-hydrogen) atoms. The zero-order valence-corrected chi connectivity index (χ0v) is 19.8. The summed E-state index contributed by atoms with van der Waals surface area (Å²) in [7, 11) is 0. The van der Waals surface area contributed by atoms with Crippen molar-refractivity contribution in [2.75, 3.05) is 6.61 Å². The molecule has 1 atom stereocenters. The van der Waals surface area contributed by atoms with E-state index in [-0.39, 0.29) is 11.9 Å². The lowest BCUT2D eigenvalue weighted by Crippen LogP contribution is -2.36. The Morgan fingerprint density at radius 1 is 1.03 bits per heavy atom. The Labute approximate surface area is 194 Å². The second kappa shape index (κ2) is 9.61. The van der Waals surface area contributed by atoms with Gasteiger partial charge in [-0.2, -0.15) is 0 Å². The normalized spacial score (nSPS) is 17.5. The van der Waals surface area contributed by atoms with Gasteiger partial charge in [-0.3, -0.25) is 9.69 Å². The standard InChI is InChI=1S/C27H28N2O2S/c1-5-19(4)29-26(30)25(32-27(29)28-21-14-11-18(3)12-15-21)17-20-13-16-24(31-6-2)23-10-8-7-9-22(20)23/h7-17,19H,5-6H2,1-4H3/b25-17+,28-27?/t19-/m1/s1. The zero-order chi connectivity index (χ0) is 22.7. The maximum atomic E-state index is 13.4. The van der Waals surface area contributed by atoms with Gasteiger partial charge in [-0.05, 0) is 74.2 Å². The van der Waals surface area contributed by atoms with Gasteiger partial charge in [0.25, 0.3) is 5.91 Å². The fraction of sp³-hybridized carbons (Fsp3) is 0.259. The molecule has 0 bridgehead atoms. The third-order valence-corrected chi connectivity index (χ3v) is 6.61. The van der Waals surface area contributed by atoms with Gasteiger partial charge in [-0.1, -0.05) is 55.0 Å². The first-order valence-corrected chi connectivity index (χ1v) is 11.9. The molecule has 4 rings (SSSR count). The molecule has 0 aromatic heterocycles. The van der Waals surface area contributed by atoms with Crippen molar-refractivity contribution in [3.05, 3.63) is 76.7 Å². The van der Waals surface area contributed by atoms with Gasteiger partial charge in [0.1, 0.15) is 5.75 Å². The molecular weight excluding hydrogens is 416 g/mol. The SMILES string of the molecule is CCOc1ccc(/C=C2/SC(=Nc3ccc(C)cc3)N([C@H](C)CC)C2=O)c2ccccc12. The Bertz CT molecular complexity index is 1200. The number of nitrogens with zero attached hydrogens (tertiary/aromatic N) is 2. The van der Waals surface area contributed by atoms with Crippen LogP contribution in [0.3, 0.4) is 0 Å². The van der Waals surface area contributed by atoms with E-state index in [1.807, 2.05) is 66.4 Å². The number of amides is 1. The third kappa shape index (κ3) is 4.44. The lowest BCUT2D eigenvalue weighted by molar-refractivity contribution is -0.123. The molecule has 1 aliphatic heterocycles. The summed E-state index contributed by atoms with van der Waals surface area (Å²) in [5, 5.41) is 2.85. The summed E-state index contributed by atoms with van der Waals surface area (Å²) >= 11 is 1.44. The predicted molar refractivity (Wildman–Crippen MR) is 136 cm³/mol. The van der Waals surface area contributed by atoms with Crippen LogP contribution in [-0.4, -0.2) is 28.6 Å². The Morgan fingerprint density at radius 3 is 2.44 bits per heavy atom. The van der Waals surface area contributed by atoms with E-state index in [4.69, 9.17) is 9.73 Å². The molecule has 4 nitrogen and oxygen atoms in total. The molecule has 164 valence electrons. The number of aliphatic imine (C=N–C) groups is 1. The second-order valence-corrected chi connectivity index (χ2v) is 8.91. The van der Waals surface area contributed by atoms with Crippen LogP contribution < -0.4 is 4.74 Å². The zero-order valence-electron chi connectivity index (χ0n) is 19.0. The van der Waals surface area contributed by atoms with Gasteiger partial charge < -0.3 is 4.74 Å².